The van der Waals surface area contributed by atoms with Gasteiger partial charge in [0, 0.05) is 11.1 Å². The largest absolute Gasteiger partial charge is 0.323 e. The Labute approximate surface area is 73.5 Å². The molecule has 0 bridgehead atoms. The number of halogens is 2. The van der Waals surface area contributed by atoms with Gasteiger partial charge in [0.05, 0.1) is 5.69 Å². The first-order valence-corrected chi connectivity index (χ1v) is 3.53. The molecule has 0 heterocycles. The van der Waals surface area contributed by atoms with Crippen LogP contribution in [0.25, 0.3) is 0 Å². The zero-order valence-electron chi connectivity index (χ0n) is 6.63. The molecule has 0 unspecified atom stereocenters. The molecule has 0 saturated carbocycles. The van der Waals surface area contributed by atoms with Crippen molar-refractivity contribution in [3.63, 3.8) is 0 Å². The van der Waals surface area contributed by atoms with Crippen molar-refractivity contribution in [2.45, 2.75) is 6.43 Å². The molecule has 3 N–H and O–H groups in total. The number of rotatable bonds is 3. The summed E-state index contributed by atoms with van der Waals surface area (Å²) in [5.41, 5.74) is 1.97. The first-order chi connectivity index (χ1) is 6.20. The second kappa shape index (κ2) is 3.95. The van der Waals surface area contributed by atoms with Crippen LogP contribution in [-0.2, 0) is 0 Å². The van der Waals surface area contributed by atoms with Gasteiger partial charge in [-0.2, -0.15) is 0 Å². The lowest BCUT2D eigenvalue weighted by Gasteiger charge is -2.08. The van der Waals surface area contributed by atoms with E-state index in [0.717, 1.165) is 0 Å². The van der Waals surface area contributed by atoms with E-state index in [1.54, 1.807) is 0 Å². The number of carbonyl (C=O) groups is 1. The molecule has 1 aromatic rings. The van der Waals surface area contributed by atoms with Crippen LogP contribution >= 0.6 is 0 Å². The van der Waals surface area contributed by atoms with Crippen LogP contribution in [-0.4, -0.2) is 6.29 Å². The number of nitrogens with two attached hydrogens (primary N) is 1. The van der Waals surface area contributed by atoms with Crippen molar-refractivity contribution in [1.29, 1.82) is 0 Å². The van der Waals surface area contributed by atoms with Gasteiger partial charge < -0.3 is 5.43 Å². The number of hydrogen-bond acceptors (Lipinski definition) is 3. The van der Waals surface area contributed by atoms with E-state index in [4.69, 9.17) is 5.84 Å². The van der Waals surface area contributed by atoms with E-state index >= 15 is 0 Å². The van der Waals surface area contributed by atoms with Crippen molar-refractivity contribution >= 4 is 12.0 Å². The van der Waals surface area contributed by atoms with E-state index < -0.39 is 6.43 Å². The summed E-state index contributed by atoms with van der Waals surface area (Å²) in [7, 11) is 0. The number of hydrogen-bond donors (Lipinski definition) is 2. The molecular weight excluding hydrogens is 178 g/mol. The van der Waals surface area contributed by atoms with E-state index in [2.05, 4.69) is 5.43 Å². The van der Waals surface area contributed by atoms with Crippen LogP contribution in [0.5, 0.6) is 0 Å². The molecule has 0 aliphatic heterocycles. The molecule has 0 amide bonds. The monoisotopic (exact) mass is 186 g/mol. The summed E-state index contributed by atoms with van der Waals surface area (Å²) in [6, 6.07) is 4.05. The fourth-order valence-corrected chi connectivity index (χ4v) is 1.03. The first kappa shape index (κ1) is 9.60. The van der Waals surface area contributed by atoms with Gasteiger partial charge in [-0.3, -0.25) is 10.6 Å². The summed E-state index contributed by atoms with van der Waals surface area (Å²) in [6.45, 7) is 0. The molecular formula is C8H8F2N2O. The highest BCUT2D eigenvalue weighted by atomic mass is 19.3. The Hall–Kier alpha value is -1.49. The number of alkyl halides is 2. The van der Waals surface area contributed by atoms with E-state index in [9.17, 15) is 13.6 Å². The van der Waals surface area contributed by atoms with Crippen molar-refractivity contribution in [3.8, 4) is 0 Å². The molecule has 0 radical (unpaired) electrons. The standard InChI is InChI=1S/C8H8F2N2O/c9-8(10)5-2-1-3-7(12-11)6(5)4-13/h1-4,8,12H,11H2. The maximum atomic E-state index is 12.3. The van der Waals surface area contributed by atoms with Gasteiger partial charge >= 0.3 is 0 Å². The molecule has 0 atom stereocenters. The predicted octanol–water partition coefficient (Wildman–Crippen LogP) is 1.72. The number of nitrogens with one attached hydrogen (secondary N) is 1. The van der Waals surface area contributed by atoms with Crippen molar-refractivity contribution < 1.29 is 13.6 Å². The van der Waals surface area contributed by atoms with E-state index in [-0.39, 0.29) is 16.8 Å². The van der Waals surface area contributed by atoms with Crippen LogP contribution in [0.4, 0.5) is 14.5 Å². The third-order valence-electron chi connectivity index (χ3n) is 1.65. The average Bonchev–Trinajstić information content (AvgIpc) is 2.16. The summed E-state index contributed by atoms with van der Waals surface area (Å²) in [5.74, 6) is 5.04. The third kappa shape index (κ3) is 1.81. The maximum absolute atomic E-state index is 12.3. The Balaban J connectivity index is 3.27. The number of carbonyl (C=O) groups excluding carboxylic acids is 1. The van der Waals surface area contributed by atoms with Crippen LogP contribution in [0.3, 0.4) is 0 Å². The van der Waals surface area contributed by atoms with Crippen molar-refractivity contribution in [2.24, 2.45) is 5.84 Å². The van der Waals surface area contributed by atoms with Gasteiger partial charge in [0.15, 0.2) is 6.29 Å². The minimum Gasteiger partial charge on any atom is -0.323 e. The predicted molar refractivity (Wildman–Crippen MR) is 44.6 cm³/mol. The number of benzene rings is 1. The topological polar surface area (TPSA) is 55.1 Å². The molecule has 5 heteroatoms. The van der Waals surface area contributed by atoms with Crippen molar-refractivity contribution in [3.05, 3.63) is 29.3 Å². The summed E-state index contributed by atoms with van der Waals surface area (Å²) >= 11 is 0. The lowest BCUT2D eigenvalue weighted by molar-refractivity contribution is 0.110. The number of anilines is 1. The molecule has 1 aromatic carbocycles. The highest BCUT2D eigenvalue weighted by molar-refractivity contribution is 5.86. The van der Waals surface area contributed by atoms with Gasteiger partial charge in [-0.05, 0) is 6.07 Å². The summed E-state index contributed by atoms with van der Waals surface area (Å²) in [5, 5.41) is 0. The number of nitrogen functional groups attached to an aromatic ring is 1. The molecule has 0 aliphatic carbocycles. The quantitative estimate of drug-likeness (QED) is 0.429. The Bertz CT molecular complexity index is 315. The lowest BCUT2D eigenvalue weighted by atomic mass is 10.1. The Morgan fingerprint density at radius 3 is 2.62 bits per heavy atom. The van der Waals surface area contributed by atoms with Crippen molar-refractivity contribution in [1.82, 2.24) is 0 Å². The smallest absolute Gasteiger partial charge is 0.264 e. The number of aldehydes is 1. The van der Waals surface area contributed by atoms with Gasteiger partial charge in [0.25, 0.3) is 6.43 Å². The summed E-state index contributed by atoms with van der Waals surface area (Å²) in [4.78, 5) is 10.5. The fraction of sp³-hybridized carbons (Fsp3) is 0.125. The summed E-state index contributed by atoms with van der Waals surface area (Å²) in [6.07, 6.45) is -2.31. The minimum absolute atomic E-state index is 0.0972. The van der Waals surface area contributed by atoms with Crippen LogP contribution < -0.4 is 11.3 Å². The average molecular weight is 186 g/mol. The third-order valence-corrected chi connectivity index (χ3v) is 1.65. The number of hydrazine groups is 1. The second-order valence-corrected chi connectivity index (χ2v) is 2.37. The van der Waals surface area contributed by atoms with Crippen LogP contribution in [0.15, 0.2) is 18.2 Å². The minimum atomic E-state index is -2.67. The molecule has 1 rings (SSSR count). The molecule has 13 heavy (non-hydrogen) atoms. The first-order valence-electron chi connectivity index (χ1n) is 3.53. The van der Waals surface area contributed by atoms with E-state index in [0.29, 0.717) is 6.29 Å². The SMILES string of the molecule is NNc1cccc(C(F)F)c1C=O. The van der Waals surface area contributed by atoms with Gasteiger partial charge in [-0.25, -0.2) is 8.78 Å². The molecule has 0 spiro atoms. The van der Waals surface area contributed by atoms with Crippen molar-refractivity contribution in [2.75, 3.05) is 5.43 Å². The molecule has 0 fully saturated rings. The Morgan fingerprint density at radius 1 is 1.46 bits per heavy atom. The van der Waals surface area contributed by atoms with Crippen LogP contribution in [0, 0.1) is 0 Å². The highest BCUT2D eigenvalue weighted by Gasteiger charge is 2.14. The van der Waals surface area contributed by atoms with Gasteiger partial charge in [0.2, 0.25) is 0 Å². The fourth-order valence-electron chi connectivity index (χ4n) is 1.03. The highest BCUT2D eigenvalue weighted by Crippen LogP contribution is 2.26. The Morgan fingerprint density at radius 2 is 2.15 bits per heavy atom. The normalized spacial score (nSPS) is 10.2. The molecule has 0 aliphatic rings. The molecule has 3 nitrogen and oxygen atoms in total. The zero-order valence-corrected chi connectivity index (χ0v) is 6.63. The van der Waals surface area contributed by atoms with E-state index in [1.165, 1.54) is 18.2 Å². The lowest BCUT2D eigenvalue weighted by Crippen LogP contribution is -2.10. The molecule has 0 aromatic heterocycles. The van der Waals surface area contributed by atoms with Gasteiger partial charge in [-0.15, -0.1) is 0 Å². The maximum Gasteiger partial charge on any atom is 0.264 e. The van der Waals surface area contributed by atoms with Crippen LogP contribution in [0.1, 0.15) is 22.3 Å². The van der Waals surface area contributed by atoms with Crippen LogP contribution in [0.2, 0.25) is 0 Å². The van der Waals surface area contributed by atoms with Gasteiger partial charge in [0.1, 0.15) is 0 Å². The molecule has 70 valence electrons. The van der Waals surface area contributed by atoms with Gasteiger partial charge in [-0.1, -0.05) is 12.1 Å². The Kier molecular flexibility index (Phi) is 2.92. The van der Waals surface area contributed by atoms with E-state index in [1.807, 2.05) is 0 Å². The summed E-state index contributed by atoms with van der Waals surface area (Å²) < 4.78 is 24.6. The molecule has 0 saturated heterocycles. The zero-order chi connectivity index (χ0) is 9.84. The second-order valence-electron chi connectivity index (χ2n) is 2.37.